The molecule has 1 aliphatic heterocycles. The van der Waals surface area contributed by atoms with Crippen LogP contribution in [0, 0.1) is 0 Å². The highest BCUT2D eigenvalue weighted by Crippen LogP contribution is 2.10. The summed E-state index contributed by atoms with van der Waals surface area (Å²) in [7, 11) is 0. The first-order valence-electron chi connectivity index (χ1n) is 4.59. The van der Waals surface area contributed by atoms with Crippen LogP contribution in [0.15, 0.2) is 24.3 Å². The van der Waals surface area contributed by atoms with E-state index >= 15 is 0 Å². The maximum absolute atomic E-state index is 11.3. The number of rotatable bonds is 2. The van der Waals surface area contributed by atoms with E-state index in [0.29, 0.717) is 12.2 Å². The van der Waals surface area contributed by atoms with Crippen molar-refractivity contribution in [1.82, 2.24) is 10.2 Å². The summed E-state index contributed by atoms with van der Waals surface area (Å²) in [5.74, 6) is -0.197. The van der Waals surface area contributed by atoms with Crippen molar-refractivity contribution in [2.45, 2.75) is 6.54 Å². The van der Waals surface area contributed by atoms with E-state index in [2.05, 4.69) is 5.32 Å². The molecule has 1 aromatic carbocycles. The van der Waals surface area contributed by atoms with Gasteiger partial charge in [-0.3, -0.25) is 9.69 Å². The van der Waals surface area contributed by atoms with Gasteiger partial charge in [0.15, 0.2) is 0 Å². The highest BCUT2D eigenvalue weighted by Gasteiger charge is 2.27. The molecule has 5 heteroatoms. The van der Waals surface area contributed by atoms with Gasteiger partial charge in [0, 0.05) is 5.69 Å². The van der Waals surface area contributed by atoms with Crippen LogP contribution >= 0.6 is 0 Å². The molecule has 1 aromatic rings. The van der Waals surface area contributed by atoms with Crippen LogP contribution in [0.1, 0.15) is 5.56 Å². The van der Waals surface area contributed by atoms with Gasteiger partial charge in [0.05, 0.1) is 13.1 Å². The fourth-order valence-electron chi connectivity index (χ4n) is 1.42. The lowest BCUT2D eigenvalue weighted by Gasteiger charge is -2.12. The molecule has 5 nitrogen and oxygen atoms in total. The lowest BCUT2D eigenvalue weighted by molar-refractivity contribution is -0.125. The summed E-state index contributed by atoms with van der Waals surface area (Å²) in [5.41, 5.74) is 7.08. The summed E-state index contributed by atoms with van der Waals surface area (Å²) >= 11 is 0. The molecule has 2 rings (SSSR count). The smallest absolute Gasteiger partial charge is 0.324 e. The molecule has 1 fully saturated rings. The number of nitrogens with two attached hydrogens (primary N) is 1. The molecule has 1 saturated heterocycles. The number of benzene rings is 1. The van der Waals surface area contributed by atoms with Crippen molar-refractivity contribution in [3.8, 4) is 0 Å². The molecule has 3 N–H and O–H groups in total. The van der Waals surface area contributed by atoms with Crippen molar-refractivity contribution in [2.75, 3.05) is 12.3 Å². The van der Waals surface area contributed by atoms with Gasteiger partial charge in [-0.1, -0.05) is 12.1 Å². The molecule has 0 aliphatic carbocycles. The van der Waals surface area contributed by atoms with Gasteiger partial charge in [0.25, 0.3) is 0 Å². The quantitative estimate of drug-likeness (QED) is 0.539. The molecular weight excluding hydrogens is 194 g/mol. The number of urea groups is 1. The molecule has 3 amide bonds. The maximum Gasteiger partial charge on any atom is 0.324 e. The van der Waals surface area contributed by atoms with E-state index in [0.717, 1.165) is 5.56 Å². The Kier molecular flexibility index (Phi) is 2.29. The number of hydrogen-bond acceptors (Lipinski definition) is 3. The predicted octanol–water partition coefficient (Wildman–Crippen LogP) is 0.321. The zero-order chi connectivity index (χ0) is 10.8. The second-order valence-electron chi connectivity index (χ2n) is 3.38. The van der Waals surface area contributed by atoms with E-state index in [4.69, 9.17) is 5.73 Å². The van der Waals surface area contributed by atoms with Gasteiger partial charge in [-0.2, -0.15) is 0 Å². The fraction of sp³-hybridized carbons (Fsp3) is 0.200. The van der Waals surface area contributed by atoms with Crippen LogP contribution in [0.5, 0.6) is 0 Å². The summed E-state index contributed by atoms with van der Waals surface area (Å²) in [4.78, 5) is 23.7. The minimum Gasteiger partial charge on any atom is -0.399 e. The number of nitrogen functional groups attached to an aromatic ring is 1. The van der Waals surface area contributed by atoms with Crippen LogP contribution in [0.25, 0.3) is 0 Å². The largest absolute Gasteiger partial charge is 0.399 e. The van der Waals surface area contributed by atoms with Crippen molar-refractivity contribution < 1.29 is 9.59 Å². The van der Waals surface area contributed by atoms with Gasteiger partial charge in [-0.25, -0.2) is 4.79 Å². The zero-order valence-corrected chi connectivity index (χ0v) is 8.06. The van der Waals surface area contributed by atoms with Crippen LogP contribution in [0.2, 0.25) is 0 Å². The Morgan fingerprint density at radius 2 is 1.93 bits per heavy atom. The Morgan fingerprint density at radius 3 is 2.47 bits per heavy atom. The van der Waals surface area contributed by atoms with E-state index in [1.54, 1.807) is 24.3 Å². The summed E-state index contributed by atoms with van der Waals surface area (Å²) in [6, 6.07) is 6.75. The number of hydrogen-bond donors (Lipinski definition) is 2. The van der Waals surface area contributed by atoms with Crippen molar-refractivity contribution in [3.63, 3.8) is 0 Å². The molecule has 0 unspecified atom stereocenters. The van der Waals surface area contributed by atoms with E-state index in [1.165, 1.54) is 4.90 Å². The molecule has 1 aliphatic rings. The topological polar surface area (TPSA) is 75.4 Å². The van der Waals surface area contributed by atoms with Crippen LogP contribution < -0.4 is 11.1 Å². The van der Waals surface area contributed by atoms with Gasteiger partial charge in [-0.15, -0.1) is 0 Å². The monoisotopic (exact) mass is 205 g/mol. The Balaban J connectivity index is 2.11. The Hall–Kier alpha value is -2.04. The molecule has 0 spiro atoms. The van der Waals surface area contributed by atoms with Crippen LogP contribution in [0.3, 0.4) is 0 Å². The second kappa shape index (κ2) is 3.61. The fourth-order valence-corrected chi connectivity index (χ4v) is 1.42. The van der Waals surface area contributed by atoms with E-state index in [9.17, 15) is 9.59 Å². The number of nitrogens with zero attached hydrogens (tertiary/aromatic N) is 1. The van der Waals surface area contributed by atoms with Gasteiger partial charge in [0.2, 0.25) is 5.91 Å². The minimum absolute atomic E-state index is 0.0911. The molecule has 0 saturated carbocycles. The molecule has 0 radical (unpaired) electrons. The summed E-state index contributed by atoms with van der Waals surface area (Å²) in [6.45, 7) is 0.388. The van der Waals surface area contributed by atoms with Crippen molar-refractivity contribution in [1.29, 1.82) is 0 Å². The molecule has 0 bridgehead atoms. The number of amides is 3. The molecule has 0 aromatic heterocycles. The third-order valence-electron chi connectivity index (χ3n) is 2.26. The van der Waals surface area contributed by atoms with Crippen LogP contribution in [-0.2, 0) is 11.3 Å². The number of imide groups is 1. The first-order chi connectivity index (χ1) is 7.16. The Morgan fingerprint density at radius 1 is 1.27 bits per heavy atom. The van der Waals surface area contributed by atoms with Crippen LogP contribution in [-0.4, -0.2) is 23.4 Å². The molecule has 1 heterocycles. The third-order valence-corrected chi connectivity index (χ3v) is 2.26. The average molecular weight is 205 g/mol. The lowest BCUT2D eigenvalue weighted by Crippen LogP contribution is -2.30. The van der Waals surface area contributed by atoms with Gasteiger partial charge >= 0.3 is 6.03 Å². The predicted molar refractivity (Wildman–Crippen MR) is 54.8 cm³/mol. The van der Waals surface area contributed by atoms with Gasteiger partial charge in [-0.05, 0) is 17.7 Å². The molecular formula is C10H11N3O2. The Labute approximate surface area is 86.9 Å². The SMILES string of the molecule is Nc1ccc(CN2C(=O)CNC2=O)cc1. The molecule has 78 valence electrons. The first kappa shape index (κ1) is 9.51. The lowest BCUT2D eigenvalue weighted by atomic mass is 10.2. The normalized spacial score (nSPS) is 15.6. The highest BCUT2D eigenvalue weighted by molar-refractivity contribution is 6.01. The highest BCUT2D eigenvalue weighted by atomic mass is 16.2. The number of carbonyl (C=O) groups is 2. The summed E-state index contributed by atoms with van der Waals surface area (Å²) in [6.07, 6.45) is 0. The number of anilines is 1. The third kappa shape index (κ3) is 1.90. The van der Waals surface area contributed by atoms with E-state index < -0.39 is 0 Å². The summed E-state index contributed by atoms with van der Waals surface area (Å²) in [5, 5.41) is 2.46. The maximum atomic E-state index is 11.3. The standard InChI is InChI=1S/C10H11N3O2/c11-8-3-1-7(2-4-8)6-13-9(14)5-12-10(13)15/h1-4H,5-6,11H2,(H,12,15). The van der Waals surface area contributed by atoms with Crippen molar-refractivity contribution >= 4 is 17.6 Å². The van der Waals surface area contributed by atoms with Crippen LogP contribution in [0.4, 0.5) is 10.5 Å². The van der Waals surface area contributed by atoms with E-state index in [1.807, 2.05) is 0 Å². The first-order valence-corrected chi connectivity index (χ1v) is 4.59. The minimum atomic E-state index is -0.336. The second-order valence-corrected chi connectivity index (χ2v) is 3.38. The molecule has 15 heavy (non-hydrogen) atoms. The average Bonchev–Trinajstić information content (AvgIpc) is 2.53. The zero-order valence-electron chi connectivity index (χ0n) is 8.06. The van der Waals surface area contributed by atoms with Gasteiger partial charge < -0.3 is 11.1 Å². The Bertz CT molecular complexity index is 384. The number of nitrogens with one attached hydrogen (secondary N) is 1. The molecule has 0 atom stereocenters. The van der Waals surface area contributed by atoms with Gasteiger partial charge in [0.1, 0.15) is 0 Å². The van der Waals surface area contributed by atoms with E-state index in [-0.39, 0.29) is 18.5 Å². The van der Waals surface area contributed by atoms with Crippen molar-refractivity contribution in [2.24, 2.45) is 0 Å². The number of carbonyl (C=O) groups excluding carboxylic acids is 2. The van der Waals surface area contributed by atoms with Crippen molar-refractivity contribution in [3.05, 3.63) is 29.8 Å². The summed E-state index contributed by atoms with van der Waals surface area (Å²) < 4.78 is 0.